The maximum Gasteiger partial charge on any atom is 0.108 e. The summed E-state index contributed by atoms with van der Waals surface area (Å²) in [4.78, 5) is 0. The molecule has 0 aromatic rings. The van der Waals surface area contributed by atoms with E-state index in [4.69, 9.17) is 5.11 Å². The first-order valence-electron chi connectivity index (χ1n) is 4.77. The molecule has 0 radical (unpaired) electrons. The van der Waals surface area contributed by atoms with Crippen molar-refractivity contribution < 1.29 is 10.8 Å². The molecule has 11 heavy (non-hydrogen) atoms. The topological polar surface area (TPSA) is 47.9 Å². The lowest BCUT2D eigenvalue weighted by Gasteiger charge is -2.22. The number of aliphatic hydroxyl groups excluding tert-OH is 1. The number of aliphatic hydroxyl groups is 1. The molecule has 1 aliphatic carbocycles. The van der Waals surface area contributed by atoms with Gasteiger partial charge in [0, 0.05) is 6.42 Å². The van der Waals surface area contributed by atoms with Crippen LogP contribution in [0.4, 0.5) is 0 Å². The minimum absolute atomic E-state index is 0.260. The van der Waals surface area contributed by atoms with Crippen LogP contribution in [0.1, 0.15) is 38.5 Å². The van der Waals surface area contributed by atoms with Crippen molar-refractivity contribution in [1.29, 1.82) is 0 Å². The summed E-state index contributed by atoms with van der Waals surface area (Å²) in [7, 11) is 0. The van der Waals surface area contributed by atoms with Gasteiger partial charge in [-0.25, -0.2) is 0 Å². The van der Waals surface area contributed by atoms with Crippen molar-refractivity contribution in [3.63, 3.8) is 0 Å². The van der Waals surface area contributed by atoms with Crippen LogP contribution >= 0.6 is 0 Å². The lowest BCUT2D eigenvalue weighted by molar-refractivity contribution is -0.428. The van der Waals surface area contributed by atoms with E-state index in [0.717, 1.165) is 12.3 Å². The monoisotopic (exact) mass is 158 g/mol. The van der Waals surface area contributed by atoms with Gasteiger partial charge in [0.2, 0.25) is 0 Å². The van der Waals surface area contributed by atoms with Crippen LogP contribution in [0.25, 0.3) is 0 Å². The van der Waals surface area contributed by atoms with E-state index in [9.17, 15) is 0 Å². The number of quaternary nitrogens is 1. The third-order valence-corrected chi connectivity index (χ3v) is 2.65. The molecule has 1 rings (SSSR count). The molecule has 1 aliphatic rings. The zero-order chi connectivity index (χ0) is 8.10. The SMILES string of the molecule is [NH3+]C(CO)CC1CCCCC1. The number of rotatable bonds is 3. The van der Waals surface area contributed by atoms with Gasteiger partial charge >= 0.3 is 0 Å². The predicted molar refractivity (Wildman–Crippen MR) is 45.0 cm³/mol. The summed E-state index contributed by atoms with van der Waals surface area (Å²) in [5.41, 5.74) is 3.90. The van der Waals surface area contributed by atoms with Crippen molar-refractivity contribution in [1.82, 2.24) is 0 Å². The average Bonchev–Trinajstić information content (AvgIpc) is 2.06. The smallest absolute Gasteiger partial charge is 0.108 e. The first-order chi connectivity index (χ1) is 5.33. The highest BCUT2D eigenvalue weighted by molar-refractivity contribution is 4.68. The Hall–Kier alpha value is -0.0800. The molecular formula is C9H20NO+. The van der Waals surface area contributed by atoms with Crippen LogP contribution in [0.5, 0.6) is 0 Å². The fraction of sp³-hybridized carbons (Fsp3) is 1.00. The third-order valence-electron chi connectivity index (χ3n) is 2.65. The first kappa shape index (κ1) is 9.01. The summed E-state index contributed by atoms with van der Waals surface area (Å²) >= 11 is 0. The van der Waals surface area contributed by atoms with Crippen LogP contribution in [-0.4, -0.2) is 17.8 Å². The van der Waals surface area contributed by atoms with Crippen molar-refractivity contribution in [2.75, 3.05) is 6.61 Å². The van der Waals surface area contributed by atoms with Gasteiger partial charge in [-0.05, 0) is 5.92 Å². The highest BCUT2D eigenvalue weighted by Gasteiger charge is 2.17. The van der Waals surface area contributed by atoms with E-state index in [2.05, 4.69) is 5.73 Å². The summed E-state index contributed by atoms with van der Waals surface area (Å²) < 4.78 is 0. The number of hydrogen-bond acceptors (Lipinski definition) is 1. The Morgan fingerprint density at radius 2 is 1.91 bits per heavy atom. The van der Waals surface area contributed by atoms with Gasteiger partial charge in [-0.1, -0.05) is 32.1 Å². The zero-order valence-corrected chi connectivity index (χ0v) is 7.26. The fourth-order valence-electron chi connectivity index (χ4n) is 1.97. The summed E-state index contributed by atoms with van der Waals surface area (Å²) in [6.45, 7) is 0.260. The van der Waals surface area contributed by atoms with Gasteiger partial charge in [-0.15, -0.1) is 0 Å². The van der Waals surface area contributed by atoms with E-state index < -0.39 is 0 Å². The predicted octanol–water partition coefficient (Wildman–Crippen LogP) is 0.560. The van der Waals surface area contributed by atoms with Crippen molar-refractivity contribution in [3.8, 4) is 0 Å². The van der Waals surface area contributed by atoms with Crippen LogP contribution in [0, 0.1) is 5.92 Å². The van der Waals surface area contributed by atoms with Gasteiger partial charge in [-0.3, -0.25) is 0 Å². The Morgan fingerprint density at radius 3 is 2.45 bits per heavy atom. The Kier molecular flexibility index (Phi) is 3.87. The highest BCUT2D eigenvalue weighted by Crippen LogP contribution is 2.26. The largest absolute Gasteiger partial charge is 0.390 e. The van der Waals surface area contributed by atoms with Gasteiger partial charge in [0.25, 0.3) is 0 Å². The quantitative estimate of drug-likeness (QED) is 0.619. The first-order valence-corrected chi connectivity index (χ1v) is 4.77. The van der Waals surface area contributed by atoms with Crippen molar-refractivity contribution in [2.45, 2.75) is 44.6 Å². The summed E-state index contributed by atoms with van der Waals surface area (Å²) in [6.07, 6.45) is 8.07. The van der Waals surface area contributed by atoms with Gasteiger partial charge in [-0.2, -0.15) is 0 Å². The highest BCUT2D eigenvalue weighted by atomic mass is 16.3. The Balaban J connectivity index is 2.13. The molecule has 0 bridgehead atoms. The fourth-order valence-corrected chi connectivity index (χ4v) is 1.97. The molecule has 1 fully saturated rings. The van der Waals surface area contributed by atoms with Crippen LogP contribution in [0.15, 0.2) is 0 Å². The van der Waals surface area contributed by atoms with E-state index in [1.807, 2.05) is 0 Å². The van der Waals surface area contributed by atoms with E-state index in [1.54, 1.807) is 0 Å². The molecule has 0 aromatic carbocycles. The van der Waals surface area contributed by atoms with E-state index in [-0.39, 0.29) is 12.6 Å². The molecule has 2 heteroatoms. The molecule has 0 saturated heterocycles. The lowest BCUT2D eigenvalue weighted by Crippen LogP contribution is -2.63. The molecule has 0 amide bonds. The van der Waals surface area contributed by atoms with Gasteiger partial charge < -0.3 is 10.8 Å². The Bertz CT molecular complexity index is 99.7. The second-order valence-corrected chi connectivity index (χ2v) is 3.79. The van der Waals surface area contributed by atoms with Crippen molar-refractivity contribution in [3.05, 3.63) is 0 Å². The standard InChI is InChI=1S/C9H19NO/c10-9(7-11)6-8-4-2-1-3-5-8/h8-9,11H,1-7,10H2/p+1. The molecule has 1 unspecified atom stereocenters. The molecule has 0 heterocycles. The number of hydrogen-bond donors (Lipinski definition) is 2. The summed E-state index contributed by atoms with van der Waals surface area (Å²) in [5, 5.41) is 8.80. The second kappa shape index (κ2) is 4.73. The van der Waals surface area contributed by atoms with Gasteiger partial charge in [0.1, 0.15) is 6.04 Å². The Labute approximate surface area is 68.8 Å². The third kappa shape index (κ3) is 3.21. The molecule has 0 aromatic heterocycles. The van der Waals surface area contributed by atoms with E-state index >= 15 is 0 Å². The van der Waals surface area contributed by atoms with Crippen LogP contribution in [0.2, 0.25) is 0 Å². The van der Waals surface area contributed by atoms with Crippen molar-refractivity contribution >= 4 is 0 Å². The lowest BCUT2D eigenvalue weighted by atomic mass is 9.85. The molecule has 66 valence electrons. The molecule has 0 spiro atoms. The molecule has 2 nitrogen and oxygen atoms in total. The normalized spacial score (nSPS) is 23.5. The van der Waals surface area contributed by atoms with E-state index in [0.29, 0.717) is 0 Å². The van der Waals surface area contributed by atoms with Crippen LogP contribution in [-0.2, 0) is 0 Å². The molecule has 1 atom stereocenters. The maximum absolute atomic E-state index is 8.80. The second-order valence-electron chi connectivity index (χ2n) is 3.79. The Morgan fingerprint density at radius 1 is 1.27 bits per heavy atom. The molecule has 1 saturated carbocycles. The minimum Gasteiger partial charge on any atom is -0.390 e. The maximum atomic E-state index is 8.80. The van der Waals surface area contributed by atoms with Crippen LogP contribution < -0.4 is 5.73 Å². The summed E-state index contributed by atoms with van der Waals surface area (Å²) in [6, 6.07) is 0.276. The van der Waals surface area contributed by atoms with Crippen molar-refractivity contribution in [2.24, 2.45) is 5.92 Å². The van der Waals surface area contributed by atoms with E-state index in [1.165, 1.54) is 32.1 Å². The minimum atomic E-state index is 0.260. The molecule has 4 N–H and O–H groups in total. The van der Waals surface area contributed by atoms with Crippen LogP contribution in [0.3, 0.4) is 0 Å². The van der Waals surface area contributed by atoms with Gasteiger partial charge in [0.15, 0.2) is 0 Å². The zero-order valence-electron chi connectivity index (χ0n) is 7.26. The molecular weight excluding hydrogens is 138 g/mol. The summed E-state index contributed by atoms with van der Waals surface area (Å²) in [5.74, 6) is 0.860. The molecule has 0 aliphatic heterocycles. The average molecular weight is 158 g/mol. The van der Waals surface area contributed by atoms with Gasteiger partial charge in [0.05, 0.1) is 6.61 Å².